The summed E-state index contributed by atoms with van der Waals surface area (Å²) in [6.07, 6.45) is 5.76. The number of rotatable bonds is 5. The zero-order chi connectivity index (χ0) is 13.8. The standard InChI is InChI=1S/C13H21N3O2S/c1-9-6-12(15-18-9)14-13(17)8-16(2)10-4-5-11(7-10)19-3/h6,10-11H,4-5,7-8H2,1-3H3,(H,14,15,17)/t10-,11+/m1/s1. The maximum Gasteiger partial charge on any atom is 0.239 e. The number of aromatic nitrogens is 1. The molecule has 2 atom stereocenters. The van der Waals surface area contributed by atoms with Gasteiger partial charge in [0.1, 0.15) is 5.76 Å². The first-order valence-corrected chi connectivity index (χ1v) is 7.83. The number of hydrogen-bond acceptors (Lipinski definition) is 5. The van der Waals surface area contributed by atoms with Crippen molar-refractivity contribution < 1.29 is 9.32 Å². The van der Waals surface area contributed by atoms with Crippen LogP contribution in [0.15, 0.2) is 10.6 Å². The lowest BCUT2D eigenvalue weighted by molar-refractivity contribution is -0.117. The lowest BCUT2D eigenvalue weighted by Gasteiger charge is -2.23. The first kappa shape index (κ1) is 14.4. The van der Waals surface area contributed by atoms with Gasteiger partial charge in [0.25, 0.3) is 0 Å². The first-order valence-electron chi connectivity index (χ1n) is 6.54. The van der Waals surface area contributed by atoms with E-state index in [1.807, 2.05) is 18.8 Å². The number of nitrogens with one attached hydrogen (secondary N) is 1. The minimum atomic E-state index is -0.0385. The predicted octanol–water partition coefficient (Wildman–Crippen LogP) is 2.14. The second kappa shape index (κ2) is 6.43. The monoisotopic (exact) mass is 283 g/mol. The average Bonchev–Trinajstić information content (AvgIpc) is 2.98. The van der Waals surface area contributed by atoms with Gasteiger partial charge in [0.2, 0.25) is 5.91 Å². The van der Waals surface area contributed by atoms with Crippen molar-refractivity contribution in [3.8, 4) is 0 Å². The molecule has 0 unspecified atom stereocenters. The molecule has 0 aromatic carbocycles. The van der Waals surface area contributed by atoms with Crippen LogP contribution in [-0.2, 0) is 4.79 Å². The van der Waals surface area contributed by atoms with E-state index in [-0.39, 0.29) is 5.91 Å². The van der Waals surface area contributed by atoms with Gasteiger partial charge in [0.05, 0.1) is 6.54 Å². The second-order valence-electron chi connectivity index (χ2n) is 5.11. The molecule has 1 heterocycles. The number of carbonyl (C=O) groups excluding carboxylic acids is 1. The summed E-state index contributed by atoms with van der Waals surface area (Å²) in [5, 5.41) is 7.25. The van der Waals surface area contributed by atoms with Gasteiger partial charge in [0, 0.05) is 17.4 Å². The topological polar surface area (TPSA) is 58.4 Å². The molecule has 1 aliphatic rings. The number of thioether (sulfide) groups is 1. The lowest BCUT2D eigenvalue weighted by Crippen LogP contribution is -2.36. The fraction of sp³-hybridized carbons (Fsp3) is 0.692. The van der Waals surface area contributed by atoms with Crippen molar-refractivity contribution >= 4 is 23.5 Å². The van der Waals surface area contributed by atoms with E-state index in [1.54, 1.807) is 13.0 Å². The van der Waals surface area contributed by atoms with Gasteiger partial charge in [-0.1, -0.05) is 5.16 Å². The predicted molar refractivity (Wildman–Crippen MR) is 77.4 cm³/mol. The second-order valence-corrected chi connectivity index (χ2v) is 6.25. The maximum absolute atomic E-state index is 11.9. The Morgan fingerprint density at radius 2 is 2.42 bits per heavy atom. The maximum atomic E-state index is 11.9. The third kappa shape index (κ3) is 3.98. The van der Waals surface area contributed by atoms with Crippen molar-refractivity contribution in [2.75, 3.05) is 25.2 Å². The Kier molecular flexibility index (Phi) is 4.87. The molecule has 1 aromatic rings. The molecule has 1 amide bonds. The highest BCUT2D eigenvalue weighted by atomic mass is 32.2. The SMILES string of the molecule is CS[C@H]1CC[C@@H](N(C)CC(=O)Nc2cc(C)on2)C1. The third-order valence-corrected chi connectivity index (χ3v) is 4.70. The molecule has 6 heteroatoms. The van der Waals surface area contributed by atoms with Crippen LogP contribution in [0.5, 0.6) is 0 Å². The molecule has 1 aromatic heterocycles. The molecule has 2 rings (SSSR count). The molecule has 1 N–H and O–H groups in total. The van der Waals surface area contributed by atoms with Gasteiger partial charge in [-0.05, 0) is 39.5 Å². The Balaban J connectivity index is 1.79. The summed E-state index contributed by atoms with van der Waals surface area (Å²) in [5.41, 5.74) is 0. The molecule has 1 saturated carbocycles. The van der Waals surface area contributed by atoms with Crippen molar-refractivity contribution in [1.82, 2.24) is 10.1 Å². The van der Waals surface area contributed by atoms with Gasteiger partial charge >= 0.3 is 0 Å². The van der Waals surface area contributed by atoms with Gasteiger partial charge < -0.3 is 9.84 Å². The largest absolute Gasteiger partial charge is 0.360 e. The molecule has 0 radical (unpaired) electrons. The summed E-state index contributed by atoms with van der Waals surface area (Å²) < 4.78 is 4.92. The van der Waals surface area contributed by atoms with Crippen LogP contribution in [0.1, 0.15) is 25.0 Å². The minimum Gasteiger partial charge on any atom is -0.360 e. The molecule has 0 bridgehead atoms. The number of carbonyl (C=O) groups is 1. The van der Waals surface area contributed by atoms with E-state index in [4.69, 9.17) is 4.52 Å². The van der Waals surface area contributed by atoms with Crippen molar-refractivity contribution in [1.29, 1.82) is 0 Å². The Morgan fingerprint density at radius 1 is 1.63 bits per heavy atom. The Morgan fingerprint density at radius 3 is 3.00 bits per heavy atom. The fourth-order valence-corrected chi connectivity index (χ4v) is 3.28. The molecule has 106 valence electrons. The zero-order valence-corrected chi connectivity index (χ0v) is 12.5. The van der Waals surface area contributed by atoms with E-state index in [0.717, 1.165) is 5.25 Å². The highest BCUT2D eigenvalue weighted by Gasteiger charge is 2.27. The highest BCUT2D eigenvalue weighted by molar-refractivity contribution is 7.99. The Labute approximate surface area is 118 Å². The molecule has 19 heavy (non-hydrogen) atoms. The summed E-state index contributed by atoms with van der Waals surface area (Å²) >= 11 is 1.93. The van der Waals surface area contributed by atoms with Gasteiger partial charge in [0.15, 0.2) is 5.82 Å². The van der Waals surface area contributed by atoms with Gasteiger partial charge in [-0.25, -0.2) is 0 Å². The van der Waals surface area contributed by atoms with Crippen LogP contribution in [-0.4, -0.2) is 47.1 Å². The van der Waals surface area contributed by atoms with Crippen molar-refractivity contribution in [2.24, 2.45) is 0 Å². The van der Waals surface area contributed by atoms with Crippen molar-refractivity contribution in [3.05, 3.63) is 11.8 Å². The molecule has 5 nitrogen and oxygen atoms in total. The van der Waals surface area contributed by atoms with Gasteiger partial charge in [-0.2, -0.15) is 11.8 Å². The van der Waals surface area contributed by atoms with Crippen LogP contribution < -0.4 is 5.32 Å². The third-order valence-electron chi connectivity index (χ3n) is 3.60. The average molecular weight is 283 g/mol. The quantitative estimate of drug-likeness (QED) is 0.897. The van der Waals surface area contributed by atoms with Crippen LogP contribution in [0.4, 0.5) is 5.82 Å². The number of anilines is 1. The lowest BCUT2D eigenvalue weighted by atomic mass is 10.2. The molecule has 1 aliphatic carbocycles. The first-order chi connectivity index (χ1) is 9.08. The molecule has 1 fully saturated rings. The normalized spacial score (nSPS) is 22.9. The number of aryl methyl sites for hydroxylation is 1. The Hall–Kier alpha value is -1.01. The van der Waals surface area contributed by atoms with Crippen LogP contribution in [0.2, 0.25) is 0 Å². The van der Waals surface area contributed by atoms with Gasteiger partial charge in [-0.3, -0.25) is 9.69 Å². The van der Waals surface area contributed by atoms with E-state index < -0.39 is 0 Å². The summed E-state index contributed by atoms with van der Waals surface area (Å²) in [7, 11) is 2.01. The summed E-state index contributed by atoms with van der Waals surface area (Å²) in [4.78, 5) is 14.0. The highest BCUT2D eigenvalue weighted by Crippen LogP contribution is 2.30. The summed E-state index contributed by atoms with van der Waals surface area (Å²) in [5.74, 6) is 1.15. The number of hydrogen-bond donors (Lipinski definition) is 1. The minimum absolute atomic E-state index is 0.0385. The van der Waals surface area contributed by atoms with Crippen molar-refractivity contribution in [3.63, 3.8) is 0 Å². The zero-order valence-electron chi connectivity index (χ0n) is 11.7. The van der Waals surface area contributed by atoms with E-state index in [2.05, 4.69) is 21.6 Å². The molecular weight excluding hydrogens is 262 g/mol. The molecular formula is C13H21N3O2S. The van der Waals surface area contributed by atoms with E-state index in [1.165, 1.54) is 19.3 Å². The van der Waals surface area contributed by atoms with Crippen LogP contribution >= 0.6 is 11.8 Å². The summed E-state index contributed by atoms with van der Waals surface area (Å²) in [6, 6.07) is 2.24. The molecule has 0 saturated heterocycles. The van der Waals surface area contributed by atoms with E-state index in [0.29, 0.717) is 24.2 Å². The van der Waals surface area contributed by atoms with Crippen LogP contribution in [0, 0.1) is 6.92 Å². The number of likely N-dealkylation sites (N-methyl/N-ethyl adjacent to an activating group) is 1. The molecule has 0 aliphatic heterocycles. The number of amides is 1. The smallest absolute Gasteiger partial charge is 0.239 e. The van der Waals surface area contributed by atoms with Crippen LogP contribution in [0.25, 0.3) is 0 Å². The summed E-state index contributed by atoms with van der Waals surface area (Å²) in [6.45, 7) is 2.20. The van der Waals surface area contributed by atoms with E-state index in [9.17, 15) is 4.79 Å². The molecule has 0 spiro atoms. The van der Waals surface area contributed by atoms with Gasteiger partial charge in [-0.15, -0.1) is 0 Å². The van der Waals surface area contributed by atoms with Crippen LogP contribution in [0.3, 0.4) is 0 Å². The number of nitrogens with zero attached hydrogens (tertiary/aromatic N) is 2. The van der Waals surface area contributed by atoms with Crippen molar-refractivity contribution in [2.45, 2.75) is 37.5 Å². The Bertz CT molecular complexity index is 435. The van der Waals surface area contributed by atoms with E-state index >= 15 is 0 Å². The fourth-order valence-electron chi connectivity index (χ4n) is 2.50.